The van der Waals surface area contributed by atoms with Gasteiger partial charge in [-0.05, 0) is 50.2 Å². The minimum Gasteiger partial charge on any atom is -0.477 e. The number of pyridine rings is 2. The summed E-state index contributed by atoms with van der Waals surface area (Å²) in [4.78, 5) is 61.5. The maximum Gasteiger partial charge on any atom is 0.341 e. The third kappa shape index (κ3) is 6.77. The van der Waals surface area contributed by atoms with E-state index < -0.39 is 45.6 Å². The van der Waals surface area contributed by atoms with Gasteiger partial charge in [-0.15, -0.1) is 0 Å². The van der Waals surface area contributed by atoms with E-state index in [1.54, 1.807) is 38.1 Å². The van der Waals surface area contributed by atoms with Crippen LogP contribution in [0.4, 0.5) is 43.7 Å². The lowest BCUT2D eigenvalue weighted by Gasteiger charge is -2.16. The Morgan fingerprint density at radius 2 is 1.10 bits per heavy atom. The summed E-state index contributed by atoms with van der Waals surface area (Å²) in [6.45, 7) is 4.05. The molecule has 0 aliphatic heterocycles. The highest BCUT2D eigenvalue weighted by molar-refractivity contribution is 5.94. The molecule has 0 saturated heterocycles. The SMILES string of the molecule is CCn1cc(C(=O)O)c(=O)c2cc(F)c(NNc3nc(NNc4cc5c(cc4F)c(=O)c(C(=O)O)cn5CC)nc(Nc4ccccc4)n3)cc21. The number of benzene rings is 3. The molecule has 0 aliphatic rings. The third-order valence-corrected chi connectivity index (χ3v) is 7.76. The molecule has 0 amide bonds. The summed E-state index contributed by atoms with van der Waals surface area (Å²) >= 11 is 0. The van der Waals surface area contributed by atoms with Gasteiger partial charge in [0.2, 0.25) is 28.7 Å². The quantitative estimate of drug-likeness (QED) is 0.0852. The molecule has 0 aliphatic carbocycles. The number of rotatable bonds is 12. The van der Waals surface area contributed by atoms with Crippen molar-refractivity contribution in [3.8, 4) is 0 Å². The van der Waals surface area contributed by atoms with Crippen LogP contribution < -0.4 is 37.9 Å². The summed E-state index contributed by atoms with van der Waals surface area (Å²) in [5.41, 5.74) is 8.97. The fourth-order valence-corrected chi connectivity index (χ4v) is 5.28. The lowest BCUT2D eigenvalue weighted by molar-refractivity contribution is 0.0684. The highest BCUT2D eigenvalue weighted by Crippen LogP contribution is 2.25. The molecular weight excluding hydrogens is 670 g/mol. The Balaban J connectivity index is 1.32. The number of aromatic nitrogens is 5. The Labute approximate surface area is 285 Å². The van der Waals surface area contributed by atoms with Crippen LogP contribution in [0, 0.1) is 11.6 Å². The molecule has 0 radical (unpaired) electrons. The van der Waals surface area contributed by atoms with Gasteiger partial charge < -0.3 is 24.7 Å². The zero-order valence-corrected chi connectivity index (χ0v) is 26.8. The van der Waals surface area contributed by atoms with Gasteiger partial charge in [-0.3, -0.25) is 31.3 Å². The van der Waals surface area contributed by atoms with E-state index in [1.807, 2.05) is 6.07 Å². The van der Waals surface area contributed by atoms with Crippen LogP contribution in [0.1, 0.15) is 34.6 Å². The number of nitrogens with one attached hydrogen (secondary N) is 5. The van der Waals surface area contributed by atoms with Crippen LogP contribution in [0.15, 0.2) is 76.6 Å². The first-order chi connectivity index (χ1) is 24.5. The van der Waals surface area contributed by atoms with E-state index in [9.17, 15) is 29.4 Å². The molecule has 3 aromatic heterocycles. The lowest BCUT2D eigenvalue weighted by atomic mass is 10.1. The van der Waals surface area contributed by atoms with Gasteiger partial charge in [0.1, 0.15) is 22.8 Å². The molecule has 0 spiro atoms. The van der Waals surface area contributed by atoms with Gasteiger partial charge in [0.05, 0.1) is 22.4 Å². The predicted octanol–water partition coefficient (Wildman–Crippen LogP) is 4.84. The van der Waals surface area contributed by atoms with E-state index in [1.165, 1.54) is 33.7 Å². The topological polar surface area (TPSA) is 217 Å². The average molecular weight is 699 g/mol. The van der Waals surface area contributed by atoms with Gasteiger partial charge in [0.25, 0.3) is 0 Å². The van der Waals surface area contributed by atoms with Crippen LogP contribution in [0.5, 0.6) is 0 Å². The zero-order chi connectivity index (χ0) is 36.4. The lowest BCUT2D eigenvalue weighted by Crippen LogP contribution is -2.21. The molecule has 0 atom stereocenters. The number of aryl methyl sites for hydroxylation is 2. The van der Waals surface area contributed by atoms with Crippen molar-refractivity contribution in [3.05, 3.63) is 110 Å². The Morgan fingerprint density at radius 1 is 0.667 bits per heavy atom. The highest BCUT2D eigenvalue weighted by Gasteiger charge is 2.19. The van der Waals surface area contributed by atoms with Crippen LogP contribution in [-0.2, 0) is 13.1 Å². The second-order valence-corrected chi connectivity index (χ2v) is 10.9. The van der Waals surface area contributed by atoms with E-state index in [0.29, 0.717) is 5.69 Å². The number of fused-ring (bicyclic) bond motifs is 2. The van der Waals surface area contributed by atoms with Crippen LogP contribution in [0.3, 0.4) is 0 Å². The second-order valence-electron chi connectivity index (χ2n) is 10.9. The van der Waals surface area contributed by atoms with Gasteiger partial charge in [-0.1, -0.05) is 18.2 Å². The Kier molecular flexibility index (Phi) is 9.13. The largest absolute Gasteiger partial charge is 0.477 e. The Bertz CT molecular complexity index is 2330. The number of para-hydroxylation sites is 1. The summed E-state index contributed by atoms with van der Waals surface area (Å²) in [6.07, 6.45) is 2.38. The van der Waals surface area contributed by atoms with Crippen LogP contribution in [0.25, 0.3) is 21.8 Å². The third-order valence-electron chi connectivity index (χ3n) is 7.76. The molecule has 260 valence electrons. The number of carboxylic acid groups (broad SMARTS) is 2. The van der Waals surface area contributed by atoms with E-state index in [0.717, 1.165) is 12.1 Å². The van der Waals surface area contributed by atoms with Gasteiger partial charge in [0.15, 0.2) is 0 Å². The summed E-state index contributed by atoms with van der Waals surface area (Å²) in [5, 5.41) is 21.6. The van der Waals surface area contributed by atoms with Gasteiger partial charge >= 0.3 is 11.9 Å². The van der Waals surface area contributed by atoms with Crippen molar-refractivity contribution in [2.75, 3.05) is 27.0 Å². The molecule has 0 fully saturated rings. The molecule has 0 bridgehead atoms. The molecular formula is C33H28F2N10O6. The standard InChI is InChI=1S/C33H28F2N10O6/c1-3-44-14-19(29(48)49)27(46)17-10-21(34)23(12-25(17)44)40-42-32-37-31(36-16-8-6-5-7-9-16)38-33(39-32)43-41-24-13-26-18(11-22(24)35)28(47)20(30(50)51)15-45(26)4-2/h5-15,40-41H,3-4H2,1-2H3,(H,48,49)(H,50,51)(H3,36,37,38,39,42,43). The number of hydrogen-bond acceptors (Lipinski definition) is 12. The maximum atomic E-state index is 15.2. The van der Waals surface area contributed by atoms with Crippen molar-refractivity contribution in [2.45, 2.75) is 26.9 Å². The van der Waals surface area contributed by atoms with Crippen molar-refractivity contribution in [2.24, 2.45) is 0 Å². The Hall–Kier alpha value is -7.11. The van der Waals surface area contributed by atoms with E-state index in [-0.39, 0.29) is 64.1 Å². The van der Waals surface area contributed by atoms with Crippen molar-refractivity contribution < 1.29 is 28.6 Å². The number of anilines is 6. The van der Waals surface area contributed by atoms with Crippen molar-refractivity contribution >= 4 is 68.7 Å². The van der Waals surface area contributed by atoms with Crippen LogP contribution in [-0.4, -0.2) is 46.2 Å². The minimum absolute atomic E-state index is 0.0183. The predicted molar refractivity (Wildman–Crippen MR) is 186 cm³/mol. The maximum absolute atomic E-state index is 15.2. The number of aromatic carboxylic acids is 2. The highest BCUT2D eigenvalue weighted by atomic mass is 19.1. The fraction of sp³-hybridized carbons (Fsp3) is 0.121. The first-order valence-electron chi connectivity index (χ1n) is 15.3. The van der Waals surface area contributed by atoms with E-state index in [4.69, 9.17) is 0 Å². The molecule has 18 heteroatoms. The second kappa shape index (κ2) is 13.8. The number of carbonyl (C=O) groups is 2. The van der Waals surface area contributed by atoms with Gasteiger partial charge in [-0.2, -0.15) is 15.0 Å². The Morgan fingerprint density at radius 3 is 1.51 bits per heavy atom. The fourth-order valence-electron chi connectivity index (χ4n) is 5.28. The molecule has 3 aromatic carbocycles. The average Bonchev–Trinajstić information content (AvgIpc) is 3.11. The summed E-state index contributed by atoms with van der Waals surface area (Å²) in [7, 11) is 0. The molecule has 16 nitrogen and oxygen atoms in total. The smallest absolute Gasteiger partial charge is 0.341 e. The summed E-state index contributed by atoms with van der Waals surface area (Å²) < 4.78 is 33.5. The van der Waals surface area contributed by atoms with Crippen molar-refractivity contribution in [3.63, 3.8) is 0 Å². The minimum atomic E-state index is -1.43. The molecule has 7 N–H and O–H groups in total. The molecule has 6 aromatic rings. The summed E-state index contributed by atoms with van der Waals surface area (Å²) in [5.74, 6) is -4.86. The first kappa shape index (κ1) is 33.8. The van der Waals surface area contributed by atoms with Crippen molar-refractivity contribution in [1.29, 1.82) is 0 Å². The number of hydrazine groups is 2. The number of carboxylic acids is 2. The van der Waals surface area contributed by atoms with Crippen molar-refractivity contribution in [1.82, 2.24) is 24.1 Å². The van der Waals surface area contributed by atoms with Crippen LogP contribution in [0.2, 0.25) is 0 Å². The molecule has 6 rings (SSSR count). The number of hydrogen-bond donors (Lipinski definition) is 7. The number of nitrogens with zero attached hydrogens (tertiary/aromatic N) is 5. The number of halogens is 2. The zero-order valence-electron chi connectivity index (χ0n) is 26.8. The normalized spacial score (nSPS) is 11.0. The summed E-state index contributed by atoms with van der Waals surface area (Å²) in [6, 6.07) is 13.4. The molecule has 0 unspecified atom stereocenters. The molecule has 0 saturated carbocycles. The van der Waals surface area contributed by atoms with Gasteiger partial charge in [0, 0.05) is 41.9 Å². The van der Waals surface area contributed by atoms with E-state index >= 15 is 8.78 Å². The molecule has 51 heavy (non-hydrogen) atoms. The monoisotopic (exact) mass is 698 g/mol. The van der Waals surface area contributed by atoms with Gasteiger partial charge in [-0.25, -0.2) is 18.4 Å². The van der Waals surface area contributed by atoms with Crippen LogP contribution >= 0.6 is 0 Å². The first-order valence-corrected chi connectivity index (χ1v) is 15.3. The molecule has 3 heterocycles. The van der Waals surface area contributed by atoms with E-state index in [2.05, 4.69) is 42.0 Å².